The molecule has 0 atom stereocenters. The number of aryl methyl sites for hydroxylation is 2. The highest BCUT2D eigenvalue weighted by Crippen LogP contribution is 2.37. The Bertz CT molecular complexity index is 722. The van der Waals surface area contributed by atoms with Crippen LogP contribution in [0.4, 0.5) is 0 Å². The Kier molecular flexibility index (Phi) is 2.88. The molecule has 3 nitrogen and oxygen atoms in total. The van der Waals surface area contributed by atoms with Crippen LogP contribution in [-0.4, -0.2) is 14.2 Å². The predicted octanol–water partition coefficient (Wildman–Crippen LogP) is 2.70. The molecule has 0 saturated carbocycles. The molecule has 2 aliphatic rings. The van der Waals surface area contributed by atoms with Gasteiger partial charge in [-0.25, -0.2) is 0 Å². The maximum Gasteiger partial charge on any atom is 0.213 e. The van der Waals surface area contributed by atoms with Crippen molar-refractivity contribution in [2.24, 2.45) is 0 Å². The summed E-state index contributed by atoms with van der Waals surface area (Å²) in [7, 11) is 3.40. The lowest BCUT2D eigenvalue weighted by Gasteiger charge is -2.19. The lowest BCUT2D eigenvalue weighted by atomic mass is 9.95. The maximum absolute atomic E-state index is 5.48. The van der Waals surface area contributed by atoms with Gasteiger partial charge in [0, 0.05) is 24.5 Å². The molecule has 0 unspecified atom stereocenters. The minimum Gasteiger partial charge on any atom is -0.493 e. The van der Waals surface area contributed by atoms with Gasteiger partial charge in [0.1, 0.15) is 0 Å². The average Bonchev–Trinajstić information content (AvgIpc) is 3.01. The molecular formula is C18H20NO2+. The first-order valence-corrected chi connectivity index (χ1v) is 7.61. The molecule has 1 aliphatic heterocycles. The minimum absolute atomic E-state index is 0.810. The van der Waals surface area contributed by atoms with E-state index in [2.05, 4.69) is 28.8 Å². The topological polar surface area (TPSA) is 22.3 Å². The number of nitrogens with zero attached hydrogens (tertiary/aromatic N) is 1. The summed E-state index contributed by atoms with van der Waals surface area (Å²) in [6, 6.07) is 8.83. The van der Waals surface area contributed by atoms with Crippen LogP contribution in [0.2, 0.25) is 0 Å². The summed E-state index contributed by atoms with van der Waals surface area (Å²) in [4.78, 5) is 0. The fourth-order valence-corrected chi connectivity index (χ4v) is 3.74. The molecular weight excluding hydrogens is 262 g/mol. The van der Waals surface area contributed by atoms with Crippen molar-refractivity contribution in [1.29, 1.82) is 0 Å². The SMILES string of the molecule is COc1cc2c(cc1OC)-c1ccc3c([n+]1CC2)CCC3. The molecule has 4 rings (SSSR count). The Hall–Kier alpha value is -2.03. The smallest absolute Gasteiger partial charge is 0.213 e. The molecule has 0 saturated heterocycles. The number of benzene rings is 1. The van der Waals surface area contributed by atoms with Crippen LogP contribution in [0.15, 0.2) is 24.3 Å². The molecule has 0 radical (unpaired) electrons. The number of rotatable bonds is 2. The van der Waals surface area contributed by atoms with Crippen molar-refractivity contribution in [3.05, 3.63) is 41.1 Å². The third kappa shape index (κ3) is 1.84. The van der Waals surface area contributed by atoms with Gasteiger partial charge in [-0.2, -0.15) is 4.57 Å². The summed E-state index contributed by atoms with van der Waals surface area (Å²) in [5.74, 6) is 1.64. The first kappa shape index (κ1) is 12.7. The first-order valence-electron chi connectivity index (χ1n) is 7.61. The lowest BCUT2D eigenvalue weighted by Crippen LogP contribution is -2.44. The van der Waals surface area contributed by atoms with Crippen LogP contribution >= 0.6 is 0 Å². The van der Waals surface area contributed by atoms with E-state index in [1.54, 1.807) is 14.2 Å². The maximum atomic E-state index is 5.48. The van der Waals surface area contributed by atoms with Gasteiger partial charge in [0.05, 0.1) is 19.8 Å². The van der Waals surface area contributed by atoms with Gasteiger partial charge in [-0.15, -0.1) is 0 Å². The van der Waals surface area contributed by atoms with E-state index in [1.807, 2.05) is 0 Å². The Morgan fingerprint density at radius 2 is 1.71 bits per heavy atom. The fraction of sp³-hybridized carbons (Fsp3) is 0.389. The number of hydrogen-bond donors (Lipinski definition) is 0. The van der Waals surface area contributed by atoms with Crippen LogP contribution < -0.4 is 14.0 Å². The Morgan fingerprint density at radius 1 is 0.905 bits per heavy atom. The molecule has 108 valence electrons. The average molecular weight is 282 g/mol. The Balaban J connectivity index is 1.92. The molecule has 0 N–H and O–H groups in total. The molecule has 1 aromatic carbocycles. The van der Waals surface area contributed by atoms with Crippen molar-refractivity contribution in [3.8, 4) is 22.8 Å². The van der Waals surface area contributed by atoms with E-state index in [0.717, 1.165) is 24.5 Å². The number of hydrogen-bond acceptors (Lipinski definition) is 2. The number of methoxy groups -OCH3 is 2. The fourth-order valence-electron chi connectivity index (χ4n) is 3.74. The molecule has 0 fully saturated rings. The van der Waals surface area contributed by atoms with Gasteiger partial charge in [-0.05, 0) is 36.6 Å². The predicted molar refractivity (Wildman–Crippen MR) is 80.9 cm³/mol. The first-order chi connectivity index (χ1) is 10.3. The van der Waals surface area contributed by atoms with Crippen LogP contribution in [0, 0.1) is 0 Å². The van der Waals surface area contributed by atoms with Gasteiger partial charge < -0.3 is 9.47 Å². The zero-order valence-electron chi connectivity index (χ0n) is 12.6. The van der Waals surface area contributed by atoms with Gasteiger partial charge in [0.25, 0.3) is 0 Å². The largest absolute Gasteiger partial charge is 0.493 e. The van der Waals surface area contributed by atoms with Crippen molar-refractivity contribution < 1.29 is 14.0 Å². The third-order valence-corrected chi connectivity index (χ3v) is 4.78. The minimum atomic E-state index is 0.810. The van der Waals surface area contributed by atoms with Gasteiger partial charge in [-0.3, -0.25) is 0 Å². The van der Waals surface area contributed by atoms with E-state index < -0.39 is 0 Å². The molecule has 0 bridgehead atoms. The van der Waals surface area contributed by atoms with Crippen LogP contribution in [-0.2, 0) is 25.8 Å². The van der Waals surface area contributed by atoms with E-state index in [4.69, 9.17) is 9.47 Å². The highest BCUT2D eigenvalue weighted by Gasteiger charge is 2.30. The number of ether oxygens (including phenoxy) is 2. The van der Waals surface area contributed by atoms with E-state index in [1.165, 1.54) is 47.3 Å². The highest BCUT2D eigenvalue weighted by atomic mass is 16.5. The second kappa shape index (κ2) is 4.76. The molecule has 0 amide bonds. The second-order valence-corrected chi connectivity index (χ2v) is 5.81. The van der Waals surface area contributed by atoms with Crippen molar-refractivity contribution in [2.45, 2.75) is 32.2 Å². The van der Waals surface area contributed by atoms with Crippen LogP contribution in [0.25, 0.3) is 11.3 Å². The summed E-state index contributed by atoms with van der Waals surface area (Å²) < 4.78 is 13.4. The monoisotopic (exact) mass is 282 g/mol. The second-order valence-electron chi connectivity index (χ2n) is 5.81. The molecule has 21 heavy (non-hydrogen) atoms. The summed E-state index contributed by atoms with van der Waals surface area (Å²) in [6.45, 7) is 1.07. The molecule has 3 heteroatoms. The standard InChI is InChI=1S/C18H20NO2/c1-20-17-10-13-8-9-19-15-5-3-4-12(15)6-7-16(19)14(13)11-18(17)21-2/h6-7,10-11H,3-5,8-9H2,1-2H3/q+1. The summed E-state index contributed by atoms with van der Waals surface area (Å²) >= 11 is 0. The van der Waals surface area contributed by atoms with Crippen LogP contribution in [0.1, 0.15) is 23.2 Å². The van der Waals surface area contributed by atoms with E-state index >= 15 is 0 Å². The number of aromatic nitrogens is 1. The zero-order valence-corrected chi connectivity index (χ0v) is 12.6. The quantitative estimate of drug-likeness (QED) is 0.790. The van der Waals surface area contributed by atoms with Gasteiger partial charge in [-0.1, -0.05) is 0 Å². The van der Waals surface area contributed by atoms with Crippen molar-refractivity contribution in [3.63, 3.8) is 0 Å². The molecule has 0 spiro atoms. The van der Waals surface area contributed by atoms with Crippen molar-refractivity contribution in [2.75, 3.05) is 14.2 Å². The highest BCUT2D eigenvalue weighted by molar-refractivity contribution is 5.67. The van der Waals surface area contributed by atoms with Crippen molar-refractivity contribution >= 4 is 0 Å². The van der Waals surface area contributed by atoms with E-state index in [0.29, 0.717) is 0 Å². The van der Waals surface area contributed by atoms with E-state index in [-0.39, 0.29) is 0 Å². The lowest BCUT2D eigenvalue weighted by molar-refractivity contribution is -0.694. The summed E-state index contributed by atoms with van der Waals surface area (Å²) in [6.07, 6.45) is 4.79. The van der Waals surface area contributed by atoms with E-state index in [9.17, 15) is 0 Å². The molecule has 2 heterocycles. The molecule has 1 aliphatic carbocycles. The Morgan fingerprint density at radius 3 is 2.52 bits per heavy atom. The number of pyridine rings is 1. The summed E-state index contributed by atoms with van der Waals surface area (Å²) in [5, 5.41) is 0. The van der Waals surface area contributed by atoms with Crippen LogP contribution in [0.3, 0.4) is 0 Å². The normalized spacial score (nSPS) is 15.1. The summed E-state index contributed by atoms with van der Waals surface area (Å²) in [5.41, 5.74) is 7.02. The van der Waals surface area contributed by atoms with Gasteiger partial charge in [0.2, 0.25) is 5.69 Å². The van der Waals surface area contributed by atoms with Crippen LogP contribution in [0.5, 0.6) is 11.5 Å². The zero-order chi connectivity index (χ0) is 14.4. The number of fused-ring (bicyclic) bond motifs is 5. The molecule has 2 aromatic rings. The van der Waals surface area contributed by atoms with Crippen molar-refractivity contribution in [1.82, 2.24) is 0 Å². The molecule has 1 aromatic heterocycles. The van der Waals surface area contributed by atoms with Gasteiger partial charge >= 0.3 is 0 Å². The van der Waals surface area contributed by atoms with Gasteiger partial charge in [0.15, 0.2) is 23.7 Å². The third-order valence-electron chi connectivity index (χ3n) is 4.78. The Labute approximate surface area is 125 Å².